The minimum atomic E-state index is -2.31. The highest BCUT2D eigenvalue weighted by molar-refractivity contribution is 7.92. The number of hydrogen-bond donors (Lipinski definition) is 1. The van der Waals surface area contributed by atoms with E-state index in [1.54, 1.807) is 18.6 Å². The SMILES string of the molecule is Cc1cc(Nc2ncc3cc(C4CC4)n(-c4cccc(N=S(C)(C)=O)n4)c3n2)ccc1N1CCN(C)CC1. The van der Waals surface area contributed by atoms with Crippen LogP contribution in [-0.2, 0) is 9.73 Å². The zero-order chi connectivity index (χ0) is 26.4. The van der Waals surface area contributed by atoms with Gasteiger partial charge in [0.05, 0.1) is 0 Å². The van der Waals surface area contributed by atoms with Crippen LogP contribution < -0.4 is 10.2 Å². The lowest BCUT2D eigenvalue weighted by molar-refractivity contribution is 0.312. The number of piperazine rings is 1. The Morgan fingerprint density at radius 3 is 2.53 bits per heavy atom. The van der Waals surface area contributed by atoms with Crippen molar-refractivity contribution in [2.24, 2.45) is 4.36 Å². The predicted octanol–water partition coefficient (Wildman–Crippen LogP) is 4.86. The number of anilines is 3. The summed E-state index contributed by atoms with van der Waals surface area (Å²) in [6, 6.07) is 14.3. The number of pyridine rings is 1. The molecule has 0 bridgehead atoms. The van der Waals surface area contributed by atoms with Crippen LogP contribution in [-0.4, -0.2) is 74.4 Å². The van der Waals surface area contributed by atoms with Gasteiger partial charge >= 0.3 is 0 Å². The van der Waals surface area contributed by atoms with E-state index in [2.05, 4.69) is 67.3 Å². The minimum Gasteiger partial charge on any atom is -0.369 e. The third-order valence-electron chi connectivity index (χ3n) is 7.12. The molecule has 1 saturated carbocycles. The molecule has 10 heteroatoms. The molecule has 0 unspecified atom stereocenters. The number of aryl methyl sites for hydroxylation is 1. The van der Waals surface area contributed by atoms with E-state index in [1.807, 2.05) is 18.3 Å². The summed E-state index contributed by atoms with van der Waals surface area (Å²) in [6.45, 7) is 6.40. The summed E-state index contributed by atoms with van der Waals surface area (Å²) < 4.78 is 18.7. The van der Waals surface area contributed by atoms with Crippen LogP contribution in [0.3, 0.4) is 0 Å². The monoisotopic (exact) mass is 530 g/mol. The molecule has 0 atom stereocenters. The van der Waals surface area contributed by atoms with Crippen LogP contribution in [0.4, 0.5) is 23.1 Å². The molecule has 198 valence electrons. The van der Waals surface area contributed by atoms with Crippen LogP contribution in [0.1, 0.15) is 30.0 Å². The van der Waals surface area contributed by atoms with Crippen molar-refractivity contribution in [2.45, 2.75) is 25.7 Å². The van der Waals surface area contributed by atoms with Crippen molar-refractivity contribution in [3.05, 3.63) is 59.9 Å². The molecule has 4 heterocycles. The number of hydrogen-bond acceptors (Lipinski definition) is 8. The van der Waals surface area contributed by atoms with Crippen molar-refractivity contribution in [1.82, 2.24) is 24.4 Å². The summed E-state index contributed by atoms with van der Waals surface area (Å²) in [6.07, 6.45) is 7.40. The standard InChI is InChI=1S/C28H34N8OS/c1-19-16-22(10-11-23(19)35-14-12-34(2)13-15-35)30-28-29-18-21-17-24(20-8-9-20)36(27(21)32-28)26-7-5-6-25(31-26)33-38(3,4)37/h5-7,10-11,16-18,20H,8-9,12-15H2,1-4H3,(H,29,30,32). The number of benzene rings is 1. The van der Waals surface area contributed by atoms with E-state index in [1.165, 1.54) is 16.9 Å². The number of rotatable bonds is 6. The molecule has 0 spiro atoms. The highest BCUT2D eigenvalue weighted by Crippen LogP contribution is 2.43. The van der Waals surface area contributed by atoms with Crippen molar-refractivity contribution in [3.63, 3.8) is 0 Å². The summed E-state index contributed by atoms with van der Waals surface area (Å²) in [4.78, 5) is 19.1. The second kappa shape index (κ2) is 9.67. The Hall–Kier alpha value is -3.50. The summed E-state index contributed by atoms with van der Waals surface area (Å²) in [5.41, 5.74) is 5.45. The molecule has 3 aromatic heterocycles. The predicted molar refractivity (Wildman–Crippen MR) is 155 cm³/mol. The molecule has 0 radical (unpaired) electrons. The van der Waals surface area contributed by atoms with E-state index in [9.17, 15) is 4.21 Å². The van der Waals surface area contributed by atoms with E-state index in [-0.39, 0.29) is 0 Å². The zero-order valence-corrected chi connectivity index (χ0v) is 23.2. The number of likely N-dealkylation sites (N-methyl/N-ethyl adjacent to an activating group) is 1. The summed E-state index contributed by atoms with van der Waals surface area (Å²) in [5.74, 6) is 2.21. The average molecular weight is 531 g/mol. The Morgan fingerprint density at radius 1 is 1.03 bits per heavy atom. The molecular formula is C28H34N8OS. The third kappa shape index (κ3) is 5.23. The number of aromatic nitrogens is 4. The zero-order valence-electron chi connectivity index (χ0n) is 22.4. The molecule has 1 aromatic carbocycles. The summed E-state index contributed by atoms with van der Waals surface area (Å²) >= 11 is 0. The van der Waals surface area contributed by atoms with Gasteiger partial charge in [0.2, 0.25) is 5.95 Å². The molecule has 1 aliphatic heterocycles. The van der Waals surface area contributed by atoms with Gasteiger partial charge in [0.15, 0.2) is 11.5 Å². The Labute approximate surface area is 224 Å². The maximum Gasteiger partial charge on any atom is 0.229 e. The molecule has 1 saturated heterocycles. The fourth-order valence-electron chi connectivity index (χ4n) is 5.07. The van der Waals surface area contributed by atoms with Gasteiger partial charge < -0.3 is 15.1 Å². The average Bonchev–Trinajstić information content (AvgIpc) is 3.64. The van der Waals surface area contributed by atoms with Crippen LogP contribution in [0.5, 0.6) is 0 Å². The molecule has 6 rings (SSSR count). The molecule has 4 aromatic rings. The Morgan fingerprint density at radius 2 is 1.82 bits per heavy atom. The number of nitrogens with one attached hydrogen (secondary N) is 1. The molecule has 38 heavy (non-hydrogen) atoms. The van der Waals surface area contributed by atoms with Crippen molar-refractivity contribution < 1.29 is 4.21 Å². The molecule has 2 aliphatic rings. The highest BCUT2D eigenvalue weighted by Gasteiger charge is 2.29. The van der Waals surface area contributed by atoms with Gasteiger partial charge in [0.25, 0.3) is 0 Å². The Kier molecular flexibility index (Phi) is 6.31. The molecule has 2 fully saturated rings. The second-order valence-corrected chi connectivity index (χ2v) is 13.2. The number of nitrogens with zero attached hydrogens (tertiary/aromatic N) is 7. The van der Waals surface area contributed by atoms with E-state index in [0.717, 1.165) is 61.6 Å². The lowest BCUT2D eigenvalue weighted by Crippen LogP contribution is -2.44. The van der Waals surface area contributed by atoms with Gasteiger partial charge in [-0.05, 0) is 74.7 Å². The smallest absolute Gasteiger partial charge is 0.229 e. The molecular weight excluding hydrogens is 496 g/mol. The normalized spacial score (nSPS) is 16.7. The van der Waals surface area contributed by atoms with Crippen LogP contribution in [0.25, 0.3) is 16.9 Å². The van der Waals surface area contributed by atoms with Gasteiger partial charge in [0.1, 0.15) is 5.82 Å². The maximum atomic E-state index is 12.3. The van der Waals surface area contributed by atoms with Crippen LogP contribution in [0.2, 0.25) is 0 Å². The first kappa shape index (κ1) is 24.8. The van der Waals surface area contributed by atoms with Gasteiger partial charge in [-0.2, -0.15) is 9.35 Å². The summed E-state index contributed by atoms with van der Waals surface area (Å²) in [7, 11) is -0.140. The van der Waals surface area contributed by atoms with Crippen LogP contribution in [0, 0.1) is 6.92 Å². The second-order valence-electron chi connectivity index (χ2n) is 10.7. The van der Waals surface area contributed by atoms with Crippen molar-refractivity contribution in [1.29, 1.82) is 0 Å². The maximum absolute atomic E-state index is 12.3. The van der Waals surface area contributed by atoms with Gasteiger partial charge in [-0.1, -0.05) is 6.07 Å². The third-order valence-corrected chi connectivity index (χ3v) is 7.75. The number of fused-ring (bicyclic) bond motifs is 1. The first-order valence-corrected chi connectivity index (χ1v) is 15.4. The van der Waals surface area contributed by atoms with E-state index in [0.29, 0.717) is 17.7 Å². The largest absolute Gasteiger partial charge is 0.369 e. The van der Waals surface area contributed by atoms with E-state index >= 15 is 0 Å². The lowest BCUT2D eigenvalue weighted by atomic mass is 10.1. The first-order chi connectivity index (χ1) is 18.2. The fraction of sp³-hybridized carbons (Fsp3) is 0.393. The summed E-state index contributed by atoms with van der Waals surface area (Å²) in [5, 5.41) is 4.38. The van der Waals surface area contributed by atoms with E-state index in [4.69, 9.17) is 9.97 Å². The molecule has 0 amide bonds. The van der Waals surface area contributed by atoms with E-state index < -0.39 is 9.73 Å². The van der Waals surface area contributed by atoms with Crippen molar-refractivity contribution >= 4 is 43.9 Å². The van der Waals surface area contributed by atoms with Crippen molar-refractivity contribution in [3.8, 4) is 5.82 Å². The Balaban J connectivity index is 1.34. The molecule has 1 N–H and O–H groups in total. The lowest BCUT2D eigenvalue weighted by Gasteiger charge is -2.35. The quantitative estimate of drug-likeness (QED) is 0.381. The highest BCUT2D eigenvalue weighted by atomic mass is 32.2. The topological polar surface area (TPSA) is 91.5 Å². The van der Waals surface area contributed by atoms with Gasteiger partial charge in [-0.15, -0.1) is 0 Å². The van der Waals surface area contributed by atoms with Gasteiger partial charge in [-0.25, -0.2) is 14.2 Å². The fourth-order valence-corrected chi connectivity index (χ4v) is 5.62. The van der Waals surface area contributed by atoms with Gasteiger partial charge in [0, 0.05) is 77.1 Å². The Bertz CT molecular complexity index is 1620. The van der Waals surface area contributed by atoms with Crippen molar-refractivity contribution in [2.75, 3.05) is 56.0 Å². The van der Waals surface area contributed by atoms with Gasteiger partial charge in [-0.3, -0.25) is 4.57 Å². The first-order valence-electron chi connectivity index (χ1n) is 13.1. The minimum absolute atomic E-state index is 0.462. The molecule has 9 nitrogen and oxygen atoms in total. The van der Waals surface area contributed by atoms with Crippen LogP contribution in [0.15, 0.2) is 53.0 Å². The van der Waals surface area contributed by atoms with Crippen LogP contribution >= 0.6 is 0 Å². The molecule has 1 aliphatic carbocycles.